The maximum Gasteiger partial charge on any atom is 0.242 e. The van der Waals surface area contributed by atoms with Crippen molar-refractivity contribution in [3.8, 4) is 23.0 Å². The molecule has 2 amide bonds. The van der Waals surface area contributed by atoms with Crippen LogP contribution in [0, 0.1) is 0 Å². The average molecular weight is 536 g/mol. The number of methoxy groups -OCH3 is 4. The van der Waals surface area contributed by atoms with Crippen LogP contribution in [0.4, 0.5) is 11.4 Å². The van der Waals surface area contributed by atoms with Crippen LogP contribution in [0.5, 0.6) is 23.0 Å². The van der Waals surface area contributed by atoms with E-state index in [0.717, 1.165) is 11.3 Å². The molecule has 0 saturated carbocycles. The second-order valence-electron chi connectivity index (χ2n) is 8.27. The number of hydrogen-bond acceptors (Lipinski definition) is 8. The second-order valence-corrected chi connectivity index (χ2v) is 9.44. The minimum atomic E-state index is -0.627. The molecule has 0 spiro atoms. The molecule has 38 heavy (non-hydrogen) atoms. The highest BCUT2D eigenvalue weighted by Crippen LogP contribution is 2.35. The van der Waals surface area contributed by atoms with Crippen molar-refractivity contribution in [3.05, 3.63) is 72.3 Å². The van der Waals surface area contributed by atoms with Crippen molar-refractivity contribution in [1.82, 2.24) is 4.90 Å². The Hall–Kier alpha value is -4.18. The zero-order valence-corrected chi connectivity index (χ0v) is 22.4. The minimum absolute atomic E-state index is 0.0198. The van der Waals surface area contributed by atoms with Crippen molar-refractivity contribution in [2.45, 2.75) is 18.2 Å². The molecule has 3 aromatic carbocycles. The predicted molar refractivity (Wildman–Crippen MR) is 148 cm³/mol. The predicted octanol–water partition coefficient (Wildman–Crippen LogP) is 4.88. The molecule has 0 bridgehead atoms. The lowest BCUT2D eigenvalue weighted by Gasteiger charge is -2.18. The molecule has 1 N–H and O–H groups in total. The van der Waals surface area contributed by atoms with Crippen LogP contribution in [0.25, 0.3) is 0 Å². The molecular formula is C28H29N3O6S. The van der Waals surface area contributed by atoms with E-state index in [-0.39, 0.29) is 24.8 Å². The van der Waals surface area contributed by atoms with Crippen molar-refractivity contribution in [1.29, 1.82) is 0 Å². The van der Waals surface area contributed by atoms with E-state index in [1.54, 1.807) is 50.5 Å². The fraction of sp³-hybridized carbons (Fsp3) is 0.250. The summed E-state index contributed by atoms with van der Waals surface area (Å²) in [5.74, 6) is 1.73. The van der Waals surface area contributed by atoms with Crippen LogP contribution in [0.1, 0.15) is 12.0 Å². The van der Waals surface area contributed by atoms with Gasteiger partial charge in [0.15, 0.2) is 28.2 Å². The second kappa shape index (κ2) is 12.4. The quantitative estimate of drug-likeness (QED) is 0.395. The van der Waals surface area contributed by atoms with Gasteiger partial charge in [-0.15, -0.1) is 0 Å². The van der Waals surface area contributed by atoms with Crippen LogP contribution in [-0.4, -0.2) is 55.6 Å². The Morgan fingerprint density at radius 2 is 1.50 bits per heavy atom. The number of nitrogens with one attached hydrogen (secondary N) is 1. The monoisotopic (exact) mass is 535 g/mol. The number of hydrogen-bond donors (Lipinski definition) is 1. The van der Waals surface area contributed by atoms with Crippen molar-refractivity contribution >= 4 is 40.1 Å². The van der Waals surface area contributed by atoms with Crippen LogP contribution >= 0.6 is 11.8 Å². The summed E-state index contributed by atoms with van der Waals surface area (Å²) in [7, 11) is 6.20. The molecule has 1 aliphatic heterocycles. The summed E-state index contributed by atoms with van der Waals surface area (Å²) in [5, 5.41) is 2.74. The Labute approximate surface area is 225 Å². The molecule has 0 aromatic heterocycles. The van der Waals surface area contributed by atoms with Gasteiger partial charge in [-0.2, -0.15) is 0 Å². The number of amidine groups is 1. The van der Waals surface area contributed by atoms with E-state index in [1.807, 2.05) is 42.5 Å². The Morgan fingerprint density at radius 3 is 2.16 bits per heavy atom. The molecule has 10 heteroatoms. The van der Waals surface area contributed by atoms with Crippen molar-refractivity contribution in [2.24, 2.45) is 4.99 Å². The van der Waals surface area contributed by atoms with Gasteiger partial charge in [0.1, 0.15) is 5.25 Å². The maximum atomic E-state index is 13.5. The molecule has 1 atom stereocenters. The zero-order chi connectivity index (χ0) is 27.1. The van der Waals surface area contributed by atoms with Gasteiger partial charge in [0.25, 0.3) is 0 Å². The molecule has 3 aromatic rings. The Balaban J connectivity index is 1.54. The molecule has 9 nitrogen and oxygen atoms in total. The van der Waals surface area contributed by atoms with E-state index in [2.05, 4.69) is 5.32 Å². The molecule has 1 saturated heterocycles. The smallest absolute Gasteiger partial charge is 0.242 e. The van der Waals surface area contributed by atoms with Crippen molar-refractivity contribution in [2.75, 3.05) is 33.8 Å². The first kappa shape index (κ1) is 26.9. The molecule has 1 unspecified atom stereocenters. The highest BCUT2D eigenvalue weighted by Gasteiger charge is 2.39. The number of anilines is 1. The number of aliphatic imine (C=N–C) groups is 1. The maximum absolute atomic E-state index is 13.5. The minimum Gasteiger partial charge on any atom is -0.493 e. The lowest BCUT2D eigenvalue weighted by atomic mass is 10.1. The SMILES string of the molecule is COc1ccc(CN2C(=O)C(CC(=O)Nc3ccc(OC)c(OC)c3)SC2=Nc2ccccc2)cc1OC. The summed E-state index contributed by atoms with van der Waals surface area (Å²) >= 11 is 1.28. The number of carbonyl (C=O) groups excluding carboxylic acids is 2. The van der Waals surface area contributed by atoms with Gasteiger partial charge < -0.3 is 24.3 Å². The largest absolute Gasteiger partial charge is 0.493 e. The Morgan fingerprint density at radius 1 is 0.868 bits per heavy atom. The fourth-order valence-electron chi connectivity index (χ4n) is 3.94. The van der Waals surface area contributed by atoms with Gasteiger partial charge in [0.05, 0.1) is 40.7 Å². The van der Waals surface area contributed by atoms with E-state index in [4.69, 9.17) is 23.9 Å². The lowest BCUT2D eigenvalue weighted by Crippen LogP contribution is -2.33. The number of thioether (sulfide) groups is 1. The third-order valence-electron chi connectivity index (χ3n) is 5.83. The molecular weight excluding hydrogens is 506 g/mol. The number of nitrogens with zero attached hydrogens (tertiary/aromatic N) is 2. The van der Waals surface area contributed by atoms with Gasteiger partial charge in [0.2, 0.25) is 11.8 Å². The van der Waals surface area contributed by atoms with Crippen molar-refractivity contribution < 1.29 is 28.5 Å². The van der Waals surface area contributed by atoms with E-state index in [0.29, 0.717) is 33.9 Å². The number of carbonyl (C=O) groups is 2. The molecule has 1 aliphatic rings. The summed E-state index contributed by atoms with van der Waals surface area (Å²) in [6.07, 6.45) is -0.0198. The number of amides is 2. The summed E-state index contributed by atoms with van der Waals surface area (Å²) in [6.45, 7) is 0.269. The van der Waals surface area contributed by atoms with E-state index in [1.165, 1.54) is 18.9 Å². The summed E-state index contributed by atoms with van der Waals surface area (Å²) in [6, 6.07) is 20.0. The van der Waals surface area contributed by atoms with Crippen molar-refractivity contribution in [3.63, 3.8) is 0 Å². The molecule has 4 rings (SSSR count). The normalized spacial score (nSPS) is 15.9. The lowest BCUT2D eigenvalue weighted by molar-refractivity contribution is -0.128. The van der Waals surface area contributed by atoms with Gasteiger partial charge in [0, 0.05) is 18.2 Å². The summed E-state index contributed by atoms with van der Waals surface area (Å²) < 4.78 is 21.3. The van der Waals surface area contributed by atoms with Crippen LogP contribution in [0.15, 0.2) is 71.7 Å². The third-order valence-corrected chi connectivity index (χ3v) is 7.00. The van der Waals surface area contributed by atoms with Gasteiger partial charge >= 0.3 is 0 Å². The molecule has 198 valence electrons. The van der Waals surface area contributed by atoms with Crippen LogP contribution in [0.2, 0.25) is 0 Å². The summed E-state index contributed by atoms with van der Waals surface area (Å²) in [4.78, 5) is 32.7. The fourth-order valence-corrected chi connectivity index (χ4v) is 5.10. The number of benzene rings is 3. The van der Waals surface area contributed by atoms with Crippen LogP contribution in [-0.2, 0) is 16.1 Å². The highest BCUT2D eigenvalue weighted by atomic mass is 32.2. The van der Waals surface area contributed by atoms with Gasteiger partial charge in [-0.1, -0.05) is 36.0 Å². The summed E-state index contributed by atoms with van der Waals surface area (Å²) in [5.41, 5.74) is 2.10. The average Bonchev–Trinajstić information content (AvgIpc) is 3.21. The van der Waals surface area contributed by atoms with Gasteiger partial charge in [-0.25, -0.2) is 4.99 Å². The molecule has 1 fully saturated rings. The van der Waals surface area contributed by atoms with E-state index >= 15 is 0 Å². The zero-order valence-electron chi connectivity index (χ0n) is 21.6. The first-order valence-electron chi connectivity index (χ1n) is 11.8. The number of ether oxygens (including phenoxy) is 4. The van der Waals surface area contributed by atoms with E-state index in [9.17, 15) is 9.59 Å². The van der Waals surface area contributed by atoms with Crippen LogP contribution in [0.3, 0.4) is 0 Å². The first-order valence-corrected chi connectivity index (χ1v) is 12.7. The van der Waals surface area contributed by atoms with Gasteiger partial charge in [-0.05, 0) is 42.0 Å². The molecule has 0 aliphatic carbocycles. The van der Waals surface area contributed by atoms with Gasteiger partial charge in [-0.3, -0.25) is 14.5 Å². The highest BCUT2D eigenvalue weighted by molar-refractivity contribution is 8.15. The molecule has 1 heterocycles. The number of rotatable bonds is 10. The Kier molecular flexibility index (Phi) is 8.75. The van der Waals surface area contributed by atoms with Crippen LogP contribution < -0.4 is 24.3 Å². The molecule has 0 radical (unpaired) electrons. The topological polar surface area (TPSA) is 98.7 Å². The van der Waals surface area contributed by atoms with E-state index < -0.39 is 5.25 Å². The standard InChI is InChI=1S/C28H29N3O6S/c1-34-21-12-10-18(14-23(21)36-3)17-31-27(33)25(38-28(31)30-19-8-6-5-7-9-19)16-26(32)29-20-11-13-22(35-2)24(15-20)37-4/h5-15,25H,16-17H2,1-4H3,(H,29,32). The third kappa shape index (κ3) is 6.20. The number of para-hydroxylation sites is 1. The first-order chi connectivity index (χ1) is 18.4. The Bertz CT molecular complexity index is 1330.